The molecule has 20 heavy (non-hydrogen) atoms. The first kappa shape index (κ1) is 16.3. The lowest BCUT2D eigenvalue weighted by Crippen LogP contribution is -2.52. The molecule has 0 heterocycles. The summed E-state index contributed by atoms with van der Waals surface area (Å²) < 4.78 is 4.99. The van der Waals surface area contributed by atoms with Gasteiger partial charge in [0.1, 0.15) is 11.5 Å². The molecule has 0 spiro atoms. The molecule has 112 valence electrons. The Morgan fingerprint density at radius 2 is 2.15 bits per heavy atom. The molecule has 0 aromatic heterocycles. The maximum atomic E-state index is 12.3. The molecule has 5 nitrogen and oxygen atoms in total. The van der Waals surface area contributed by atoms with Gasteiger partial charge in [-0.1, -0.05) is 13.8 Å². The summed E-state index contributed by atoms with van der Waals surface area (Å²) in [6, 6.07) is 4.59. The highest BCUT2D eigenvalue weighted by molar-refractivity contribution is 5.97. The lowest BCUT2D eigenvalue weighted by atomic mass is 9.90. The van der Waals surface area contributed by atoms with Crippen molar-refractivity contribution < 1.29 is 14.6 Å². The van der Waals surface area contributed by atoms with E-state index in [0.29, 0.717) is 18.2 Å². The van der Waals surface area contributed by atoms with Crippen molar-refractivity contribution in [1.82, 2.24) is 5.32 Å². The van der Waals surface area contributed by atoms with Crippen molar-refractivity contribution >= 4 is 5.91 Å². The Balaban J connectivity index is 2.89. The number of aromatic hydroxyl groups is 1. The minimum Gasteiger partial charge on any atom is -0.507 e. The first-order valence-electron chi connectivity index (χ1n) is 6.71. The van der Waals surface area contributed by atoms with Crippen LogP contribution in [-0.2, 0) is 0 Å². The molecule has 0 aliphatic heterocycles. The van der Waals surface area contributed by atoms with Gasteiger partial charge in [0.2, 0.25) is 0 Å². The summed E-state index contributed by atoms with van der Waals surface area (Å²) in [5, 5.41) is 12.8. The molecule has 0 fully saturated rings. The van der Waals surface area contributed by atoms with Crippen molar-refractivity contribution in [3.05, 3.63) is 23.8 Å². The Morgan fingerprint density at radius 3 is 2.60 bits per heavy atom. The molecule has 1 amide bonds. The van der Waals surface area contributed by atoms with Crippen molar-refractivity contribution in [2.75, 3.05) is 13.7 Å². The summed E-state index contributed by atoms with van der Waals surface area (Å²) in [6.45, 7) is 6.40. The number of ether oxygens (including phenoxy) is 1. The van der Waals surface area contributed by atoms with E-state index in [0.717, 1.165) is 6.42 Å². The van der Waals surface area contributed by atoms with Gasteiger partial charge in [0.15, 0.2) is 0 Å². The van der Waals surface area contributed by atoms with E-state index in [1.54, 1.807) is 6.07 Å². The molecule has 0 saturated heterocycles. The highest BCUT2D eigenvalue weighted by atomic mass is 16.5. The van der Waals surface area contributed by atoms with Gasteiger partial charge in [0.25, 0.3) is 5.91 Å². The summed E-state index contributed by atoms with van der Waals surface area (Å²) in [5.74, 6) is 0.473. The number of carbonyl (C=O) groups is 1. The van der Waals surface area contributed by atoms with Crippen LogP contribution in [0.1, 0.15) is 37.6 Å². The standard InChI is InChI=1S/C15H24N2O3/c1-10(2)8-15(3,9-16)17-14(19)12-6-5-11(20-4)7-13(12)18/h5-7,10,18H,8-9,16H2,1-4H3,(H,17,19). The van der Waals surface area contributed by atoms with Crippen LogP contribution in [0.5, 0.6) is 11.5 Å². The smallest absolute Gasteiger partial charge is 0.255 e. The molecule has 0 radical (unpaired) electrons. The number of methoxy groups -OCH3 is 1. The van der Waals surface area contributed by atoms with Crippen LogP contribution in [0.3, 0.4) is 0 Å². The van der Waals surface area contributed by atoms with Crippen molar-refractivity contribution in [1.29, 1.82) is 0 Å². The summed E-state index contributed by atoms with van der Waals surface area (Å²) >= 11 is 0. The number of amides is 1. The third-order valence-electron chi connectivity index (χ3n) is 3.17. The van der Waals surface area contributed by atoms with Crippen LogP contribution < -0.4 is 15.8 Å². The predicted molar refractivity (Wildman–Crippen MR) is 79.0 cm³/mol. The van der Waals surface area contributed by atoms with E-state index in [2.05, 4.69) is 19.2 Å². The normalized spacial score (nSPS) is 13.9. The zero-order valence-electron chi connectivity index (χ0n) is 12.6. The van der Waals surface area contributed by atoms with Gasteiger partial charge >= 0.3 is 0 Å². The number of hydrogen-bond acceptors (Lipinski definition) is 4. The number of rotatable bonds is 6. The zero-order chi connectivity index (χ0) is 15.3. The quantitative estimate of drug-likeness (QED) is 0.743. The molecule has 0 bridgehead atoms. The Kier molecular flexibility index (Phi) is 5.39. The minimum absolute atomic E-state index is 0.106. The second-order valence-corrected chi connectivity index (χ2v) is 5.70. The molecule has 1 aromatic carbocycles. The Hall–Kier alpha value is -1.75. The summed E-state index contributed by atoms with van der Waals surface area (Å²) in [7, 11) is 1.50. The molecule has 5 heteroatoms. The molecule has 0 saturated carbocycles. The number of phenols is 1. The van der Waals surface area contributed by atoms with Crippen LogP contribution in [0.4, 0.5) is 0 Å². The monoisotopic (exact) mass is 280 g/mol. The van der Waals surface area contributed by atoms with Crippen molar-refractivity contribution in [2.24, 2.45) is 11.7 Å². The van der Waals surface area contributed by atoms with E-state index in [4.69, 9.17) is 10.5 Å². The van der Waals surface area contributed by atoms with Gasteiger partial charge < -0.3 is 20.9 Å². The minimum atomic E-state index is -0.488. The van der Waals surface area contributed by atoms with Gasteiger partial charge in [-0.05, 0) is 31.4 Å². The van der Waals surface area contributed by atoms with Gasteiger partial charge in [-0.2, -0.15) is 0 Å². The van der Waals surface area contributed by atoms with Crippen LogP contribution in [0.15, 0.2) is 18.2 Å². The highest BCUT2D eigenvalue weighted by Crippen LogP contribution is 2.24. The molecule has 0 aliphatic rings. The van der Waals surface area contributed by atoms with Gasteiger partial charge in [-0.15, -0.1) is 0 Å². The number of hydrogen-bond donors (Lipinski definition) is 3. The fraction of sp³-hybridized carbons (Fsp3) is 0.533. The van der Waals surface area contributed by atoms with Crippen molar-refractivity contribution in [3.8, 4) is 11.5 Å². The number of carbonyl (C=O) groups excluding carboxylic acids is 1. The van der Waals surface area contributed by atoms with E-state index >= 15 is 0 Å². The van der Waals surface area contributed by atoms with E-state index in [1.165, 1.54) is 19.2 Å². The number of nitrogens with two attached hydrogens (primary N) is 1. The van der Waals surface area contributed by atoms with Gasteiger partial charge in [0.05, 0.1) is 12.7 Å². The van der Waals surface area contributed by atoms with E-state index in [9.17, 15) is 9.90 Å². The molecular weight excluding hydrogens is 256 g/mol. The molecule has 1 unspecified atom stereocenters. The van der Waals surface area contributed by atoms with E-state index in [-0.39, 0.29) is 17.2 Å². The summed E-state index contributed by atoms with van der Waals surface area (Å²) in [6.07, 6.45) is 0.770. The summed E-state index contributed by atoms with van der Waals surface area (Å²) in [4.78, 5) is 12.3. The Morgan fingerprint density at radius 1 is 1.50 bits per heavy atom. The fourth-order valence-electron chi connectivity index (χ4n) is 2.26. The first-order valence-corrected chi connectivity index (χ1v) is 6.71. The molecule has 1 atom stereocenters. The van der Waals surface area contributed by atoms with Gasteiger partial charge in [-0.25, -0.2) is 0 Å². The molecule has 1 aromatic rings. The lowest BCUT2D eigenvalue weighted by Gasteiger charge is -2.31. The van der Waals surface area contributed by atoms with E-state index in [1.807, 2.05) is 6.92 Å². The third-order valence-corrected chi connectivity index (χ3v) is 3.17. The van der Waals surface area contributed by atoms with Crippen LogP contribution >= 0.6 is 0 Å². The molecular formula is C15H24N2O3. The van der Waals surface area contributed by atoms with Crippen molar-refractivity contribution in [3.63, 3.8) is 0 Å². The fourth-order valence-corrected chi connectivity index (χ4v) is 2.26. The SMILES string of the molecule is COc1ccc(C(=O)NC(C)(CN)CC(C)C)c(O)c1. The van der Waals surface area contributed by atoms with Crippen molar-refractivity contribution in [2.45, 2.75) is 32.7 Å². The Bertz CT molecular complexity index is 474. The lowest BCUT2D eigenvalue weighted by molar-refractivity contribution is 0.0895. The van der Waals surface area contributed by atoms with E-state index < -0.39 is 5.54 Å². The average molecular weight is 280 g/mol. The summed E-state index contributed by atoms with van der Waals surface area (Å²) in [5.41, 5.74) is 5.50. The molecule has 1 rings (SSSR count). The zero-order valence-corrected chi connectivity index (χ0v) is 12.6. The predicted octanol–water partition coefficient (Wildman–Crippen LogP) is 1.89. The van der Waals surface area contributed by atoms with Gasteiger partial charge in [-0.3, -0.25) is 4.79 Å². The maximum Gasteiger partial charge on any atom is 0.255 e. The van der Waals surface area contributed by atoms with Crippen LogP contribution in [0.2, 0.25) is 0 Å². The topological polar surface area (TPSA) is 84.6 Å². The average Bonchev–Trinajstić information content (AvgIpc) is 2.37. The third kappa shape index (κ3) is 4.13. The van der Waals surface area contributed by atoms with Crippen LogP contribution in [-0.4, -0.2) is 30.2 Å². The van der Waals surface area contributed by atoms with Crippen LogP contribution in [0.25, 0.3) is 0 Å². The molecule has 4 N–H and O–H groups in total. The first-order chi connectivity index (χ1) is 9.31. The Labute approximate surface area is 120 Å². The number of phenolic OH excluding ortho intramolecular Hbond substituents is 1. The molecule has 0 aliphatic carbocycles. The second-order valence-electron chi connectivity index (χ2n) is 5.70. The van der Waals surface area contributed by atoms with Crippen LogP contribution in [0, 0.1) is 5.92 Å². The maximum absolute atomic E-state index is 12.3. The highest BCUT2D eigenvalue weighted by Gasteiger charge is 2.27. The van der Waals surface area contributed by atoms with Gasteiger partial charge in [0, 0.05) is 18.2 Å². The number of benzene rings is 1. The second kappa shape index (κ2) is 6.61. The number of nitrogens with one attached hydrogen (secondary N) is 1. The largest absolute Gasteiger partial charge is 0.507 e.